The minimum absolute atomic E-state index is 0.166. The molecule has 9 heteroatoms. The third-order valence-corrected chi connectivity index (χ3v) is 5.06. The lowest BCUT2D eigenvalue weighted by molar-refractivity contribution is 0.102. The Labute approximate surface area is 161 Å². The van der Waals surface area contributed by atoms with Gasteiger partial charge in [0.1, 0.15) is 11.4 Å². The Morgan fingerprint density at radius 1 is 1.14 bits per heavy atom. The number of halogens is 1. The maximum Gasteiger partial charge on any atom is 0.328 e. The van der Waals surface area contributed by atoms with E-state index >= 15 is 0 Å². The van der Waals surface area contributed by atoms with Gasteiger partial charge in [-0.05, 0) is 18.2 Å². The normalized spacial score (nSPS) is 10.9. The molecule has 0 saturated carbocycles. The monoisotopic (exact) mass is 396 g/mol. The minimum Gasteiger partial charge on any atom is -0.313 e. The van der Waals surface area contributed by atoms with E-state index < -0.39 is 23.0 Å². The standard InChI is InChI=1S/C19H13FN4O3S/c20-13-6-2-1-5-11(13)10-24-17(26)12(9-21-19(24)27)16(25)23-18-22-14-7-3-4-8-15(14)28-18/h1-9H,10H2,(H,21,27)(H,22,23,25). The number of rotatable bonds is 4. The van der Waals surface area contributed by atoms with Crippen molar-refractivity contribution in [3.8, 4) is 0 Å². The van der Waals surface area contributed by atoms with Crippen LogP contribution in [0.3, 0.4) is 0 Å². The Bertz CT molecular complexity index is 1280. The summed E-state index contributed by atoms with van der Waals surface area (Å²) in [5.74, 6) is -1.25. The predicted molar refractivity (Wildman–Crippen MR) is 104 cm³/mol. The zero-order chi connectivity index (χ0) is 19.7. The second-order valence-electron chi connectivity index (χ2n) is 5.93. The van der Waals surface area contributed by atoms with Gasteiger partial charge in [-0.25, -0.2) is 14.2 Å². The third kappa shape index (κ3) is 3.35. The summed E-state index contributed by atoms with van der Waals surface area (Å²) < 4.78 is 15.5. The average molecular weight is 396 g/mol. The lowest BCUT2D eigenvalue weighted by Gasteiger charge is -2.08. The molecule has 0 fully saturated rings. The van der Waals surface area contributed by atoms with Crippen molar-refractivity contribution in [1.29, 1.82) is 0 Å². The number of hydrogen-bond donors (Lipinski definition) is 2. The average Bonchev–Trinajstić information content (AvgIpc) is 3.08. The van der Waals surface area contributed by atoms with Crippen molar-refractivity contribution in [2.75, 3.05) is 5.32 Å². The van der Waals surface area contributed by atoms with E-state index in [4.69, 9.17) is 0 Å². The Kier molecular flexibility index (Phi) is 4.58. The van der Waals surface area contributed by atoms with Gasteiger partial charge in [0.2, 0.25) is 0 Å². The van der Waals surface area contributed by atoms with E-state index in [1.165, 1.54) is 29.5 Å². The number of hydrogen-bond acceptors (Lipinski definition) is 5. The van der Waals surface area contributed by atoms with Crippen LogP contribution in [0.15, 0.2) is 64.3 Å². The summed E-state index contributed by atoms with van der Waals surface area (Å²) in [5.41, 5.74) is -0.925. The molecule has 0 aliphatic carbocycles. The summed E-state index contributed by atoms with van der Waals surface area (Å²) >= 11 is 1.26. The van der Waals surface area contributed by atoms with Crippen LogP contribution in [0.5, 0.6) is 0 Å². The molecule has 0 unspecified atom stereocenters. The Morgan fingerprint density at radius 2 is 1.89 bits per heavy atom. The lowest BCUT2D eigenvalue weighted by atomic mass is 10.2. The molecule has 0 saturated heterocycles. The fourth-order valence-electron chi connectivity index (χ4n) is 2.70. The van der Waals surface area contributed by atoms with Crippen LogP contribution in [-0.4, -0.2) is 20.4 Å². The number of carbonyl (C=O) groups excluding carboxylic acids is 1. The van der Waals surface area contributed by atoms with Crippen molar-refractivity contribution >= 4 is 32.6 Å². The van der Waals surface area contributed by atoms with Crippen molar-refractivity contribution in [3.63, 3.8) is 0 Å². The second kappa shape index (κ2) is 7.20. The number of nitrogens with one attached hydrogen (secondary N) is 2. The minimum atomic E-state index is -0.814. The summed E-state index contributed by atoms with van der Waals surface area (Å²) in [7, 11) is 0. The molecule has 7 nitrogen and oxygen atoms in total. The highest BCUT2D eigenvalue weighted by atomic mass is 32.1. The predicted octanol–water partition coefficient (Wildman–Crippen LogP) is 2.59. The molecule has 4 rings (SSSR count). The van der Waals surface area contributed by atoms with E-state index in [2.05, 4.69) is 15.3 Å². The maximum absolute atomic E-state index is 13.9. The van der Waals surface area contributed by atoms with E-state index in [0.717, 1.165) is 21.0 Å². The topological polar surface area (TPSA) is 96.8 Å². The first-order chi connectivity index (χ1) is 13.5. The van der Waals surface area contributed by atoms with E-state index in [1.807, 2.05) is 24.3 Å². The molecular formula is C19H13FN4O3S. The fourth-order valence-corrected chi connectivity index (χ4v) is 3.57. The van der Waals surface area contributed by atoms with Gasteiger partial charge in [0, 0.05) is 11.8 Å². The number of carbonyl (C=O) groups is 1. The molecule has 140 valence electrons. The van der Waals surface area contributed by atoms with Crippen molar-refractivity contribution in [1.82, 2.24) is 14.5 Å². The van der Waals surface area contributed by atoms with Crippen LogP contribution >= 0.6 is 11.3 Å². The molecule has 0 aliphatic heterocycles. The molecule has 0 radical (unpaired) electrons. The molecule has 2 N–H and O–H groups in total. The molecular weight excluding hydrogens is 383 g/mol. The maximum atomic E-state index is 13.9. The van der Waals surface area contributed by atoms with E-state index in [9.17, 15) is 18.8 Å². The van der Waals surface area contributed by atoms with E-state index in [-0.39, 0.29) is 17.7 Å². The van der Waals surface area contributed by atoms with Crippen LogP contribution in [0.4, 0.5) is 9.52 Å². The van der Waals surface area contributed by atoms with Crippen LogP contribution in [0.1, 0.15) is 15.9 Å². The number of fused-ring (bicyclic) bond motifs is 1. The Balaban J connectivity index is 1.66. The molecule has 28 heavy (non-hydrogen) atoms. The highest BCUT2D eigenvalue weighted by molar-refractivity contribution is 7.22. The van der Waals surface area contributed by atoms with Crippen LogP contribution in [-0.2, 0) is 6.54 Å². The van der Waals surface area contributed by atoms with Crippen LogP contribution in [0, 0.1) is 5.82 Å². The van der Waals surface area contributed by atoms with Gasteiger partial charge in [-0.15, -0.1) is 0 Å². The number of anilines is 1. The molecule has 2 heterocycles. The van der Waals surface area contributed by atoms with Crippen molar-refractivity contribution in [2.45, 2.75) is 6.54 Å². The van der Waals surface area contributed by atoms with Gasteiger partial charge in [0.25, 0.3) is 11.5 Å². The van der Waals surface area contributed by atoms with Gasteiger partial charge >= 0.3 is 5.69 Å². The first kappa shape index (κ1) is 17.8. The number of amides is 1. The number of benzene rings is 2. The number of aromatic nitrogens is 3. The highest BCUT2D eigenvalue weighted by Gasteiger charge is 2.17. The van der Waals surface area contributed by atoms with Gasteiger partial charge in [0.15, 0.2) is 5.13 Å². The van der Waals surface area contributed by atoms with Crippen LogP contribution in [0.2, 0.25) is 0 Å². The second-order valence-corrected chi connectivity index (χ2v) is 6.96. The molecule has 1 amide bonds. The largest absolute Gasteiger partial charge is 0.328 e. The van der Waals surface area contributed by atoms with Gasteiger partial charge in [-0.2, -0.15) is 0 Å². The molecule has 4 aromatic rings. The third-order valence-electron chi connectivity index (χ3n) is 4.11. The van der Waals surface area contributed by atoms with Gasteiger partial charge in [0.05, 0.1) is 16.8 Å². The fraction of sp³-hybridized carbons (Fsp3) is 0.0526. The SMILES string of the molecule is O=C(Nc1nc2ccccc2s1)c1c[nH]c(=O)n(Cc2ccccc2F)c1=O. The molecule has 0 aliphatic rings. The Hall–Kier alpha value is -3.59. The van der Waals surface area contributed by atoms with Crippen molar-refractivity contribution in [3.05, 3.63) is 92.5 Å². The van der Waals surface area contributed by atoms with Crippen LogP contribution in [0.25, 0.3) is 10.2 Å². The van der Waals surface area contributed by atoms with E-state index in [1.54, 1.807) is 6.07 Å². The van der Waals surface area contributed by atoms with Crippen LogP contribution < -0.4 is 16.6 Å². The number of nitrogens with zero attached hydrogens (tertiary/aromatic N) is 2. The molecule has 0 bridgehead atoms. The Morgan fingerprint density at radius 3 is 2.68 bits per heavy atom. The summed E-state index contributed by atoms with van der Waals surface area (Å²) in [6.07, 6.45) is 1.05. The first-order valence-electron chi connectivity index (χ1n) is 8.26. The summed E-state index contributed by atoms with van der Waals surface area (Å²) in [4.78, 5) is 43.9. The summed E-state index contributed by atoms with van der Waals surface area (Å²) in [5, 5.41) is 2.90. The smallest absolute Gasteiger partial charge is 0.313 e. The molecule has 2 aromatic carbocycles. The van der Waals surface area contributed by atoms with Crippen molar-refractivity contribution in [2.24, 2.45) is 0 Å². The zero-order valence-electron chi connectivity index (χ0n) is 14.3. The number of thiazole rings is 1. The molecule has 0 atom stereocenters. The van der Waals surface area contributed by atoms with Gasteiger partial charge in [-0.1, -0.05) is 41.7 Å². The van der Waals surface area contributed by atoms with Gasteiger partial charge in [-0.3, -0.25) is 19.5 Å². The quantitative estimate of drug-likeness (QED) is 0.554. The lowest BCUT2D eigenvalue weighted by Crippen LogP contribution is -2.39. The van der Waals surface area contributed by atoms with Gasteiger partial charge < -0.3 is 4.98 Å². The summed E-state index contributed by atoms with van der Waals surface area (Å²) in [6.45, 7) is -0.289. The number of para-hydroxylation sites is 1. The highest BCUT2D eigenvalue weighted by Crippen LogP contribution is 2.25. The number of aromatic amines is 1. The number of H-pyrrole nitrogens is 1. The molecule has 0 spiro atoms. The first-order valence-corrected chi connectivity index (χ1v) is 9.07. The summed E-state index contributed by atoms with van der Waals surface area (Å²) in [6, 6.07) is 13.2. The van der Waals surface area contributed by atoms with Crippen molar-refractivity contribution < 1.29 is 9.18 Å². The molecule has 2 aromatic heterocycles. The zero-order valence-corrected chi connectivity index (χ0v) is 15.1. The van der Waals surface area contributed by atoms with E-state index in [0.29, 0.717) is 5.13 Å².